The smallest absolute Gasteiger partial charge is 0.425 e. The number of alkyl halides is 3. The van der Waals surface area contributed by atoms with Crippen molar-refractivity contribution in [3.8, 4) is 0 Å². The summed E-state index contributed by atoms with van der Waals surface area (Å²) in [6.07, 6.45) is -0.862. The Morgan fingerprint density at radius 2 is 1.42 bits per heavy atom. The largest absolute Gasteiger partial charge is 0.465 e. The van der Waals surface area contributed by atoms with Crippen LogP contribution in [0.2, 0.25) is 0 Å². The fourth-order valence-corrected chi connectivity index (χ4v) is 7.17. The third-order valence-corrected chi connectivity index (χ3v) is 12.7. The number of esters is 4. The van der Waals surface area contributed by atoms with E-state index in [0.717, 1.165) is 19.8 Å². The van der Waals surface area contributed by atoms with Crippen LogP contribution in [0.15, 0.2) is 24.3 Å². The van der Waals surface area contributed by atoms with Gasteiger partial charge in [-0.2, -0.15) is 13.2 Å². The summed E-state index contributed by atoms with van der Waals surface area (Å²) in [6, 6.07) is 9.08. The topological polar surface area (TPSA) is 105 Å². The van der Waals surface area contributed by atoms with Gasteiger partial charge in [-0.15, -0.1) is 0 Å². The summed E-state index contributed by atoms with van der Waals surface area (Å²) < 4.78 is 59.0. The first-order chi connectivity index (χ1) is 26.3. The number of carbonyl (C=O) groups is 4. The number of ether oxygens (including phenoxy) is 4. The molecule has 326 valence electrons. The lowest BCUT2D eigenvalue weighted by molar-refractivity contribution is -0.222. The molecule has 3 aliphatic rings. The number of fused-ring (bicyclic) bond motifs is 1. The highest BCUT2D eigenvalue weighted by atomic mass is 19.4. The van der Waals surface area contributed by atoms with Crippen molar-refractivity contribution >= 4 is 23.9 Å². The number of carbonyl (C=O) groups excluding carboxylic acids is 4. The number of rotatable bonds is 15. The van der Waals surface area contributed by atoms with Crippen molar-refractivity contribution in [1.29, 1.82) is 0 Å². The van der Waals surface area contributed by atoms with Crippen molar-refractivity contribution in [3.05, 3.63) is 35.4 Å². The summed E-state index contributed by atoms with van der Waals surface area (Å²) in [7, 11) is 0. The summed E-state index contributed by atoms with van der Waals surface area (Å²) >= 11 is 0. The molecule has 1 heterocycles. The van der Waals surface area contributed by atoms with Crippen molar-refractivity contribution in [2.24, 2.45) is 34.0 Å². The van der Waals surface area contributed by atoms with Crippen molar-refractivity contribution in [2.75, 3.05) is 6.61 Å². The Morgan fingerprint density at radius 1 is 0.860 bits per heavy atom. The highest BCUT2D eigenvalue weighted by Crippen LogP contribution is 2.63. The third kappa shape index (κ3) is 12.5. The molecule has 8 atom stereocenters. The van der Waals surface area contributed by atoms with Gasteiger partial charge in [0.25, 0.3) is 0 Å². The summed E-state index contributed by atoms with van der Waals surface area (Å²) in [5, 5.41) is 0. The number of hydrogen-bond acceptors (Lipinski definition) is 8. The highest BCUT2D eigenvalue weighted by Gasteiger charge is 2.76. The summed E-state index contributed by atoms with van der Waals surface area (Å²) in [4.78, 5) is 49.1. The van der Waals surface area contributed by atoms with Gasteiger partial charge in [0.05, 0.1) is 17.4 Å². The van der Waals surface area contributed by atoms with Gasteiger partial charge >= 0.3 is 30.1 Å². The van der Waals surface area contributed by atoms with Crippen molar-refractivity contribution in [1.82, 2.24) is 0 Å². The molecule has 2 bridgehead atoms. The summed E-state index contributed by atoms with van der Waals surface area (Å²) in [5.74, 6) is -2.30. The zero-order valence-electron chi connectivity index (χ0n) is 37.3. The van der Waals surface area contributed by atoms with E-state index < -0.39 is 59.1 Å². The fourth-order valence-electron chi connectivity index (χ4n) is 7.17. The fraction of sp³-hybridized carbons (Fsp3) is 0.783. The second-order valence-electron chi connectivity index (χ2n) is 18.8. The molecule has 1 saturated heterocycles. The van der Waals surface area contributed by atoms with Gasteiger partial charge in [-0.1, -0.05) is 106 Å². The van der Waals surface area contributed by atoms with E-state index in [1.54, 1.807) is 13.8 Å². The van der Waals surface area contributed by atoms with Gasteiger partial charge in [0, 0.05) is 11.8 Å². The molecule has 0 radical (unpaired) electrons. The molecular formula is C46H73F3O8. The van der Waals surface area contributed by atoms with Crippen LogP contribution < -0.4 is 0 Å². The third-order valence-electron chi connectivity index (χ3n) is 12.7. The second-order valence-corrected chi connectivity index (χ2v) is 18.8. The monoisotopic (exact) mass is 811 g/mol. The van der Waals surface area contributed by atoms with E-state index in [1.165, 1.54) is 36.8 Å². The Bertz CT molecular complexity index is 1480. The molecule has 11 heteroatoms. The van der Waals surface area contributed by atoms with E-state index in [2.05, 4.69) is 77.5 Å². The lowest BCUT2D eigenvalue weighted by Gasteiger charge is -2.33. The minimum atomic E-state index is -4.71. The molecule has 2 aliphatic carbocycles. The molecule has 3 fully saturated rings. The van der Waals surface area contributed by atoms with Gasteiger partial charge in [0.15, 0.2) is 11.5 Å². The standard InChI is InChI=1S/C18H23F3O6.C14H28O2.C14H22/c1-5-16(3,4)13(22)26-11-9-6-10-12(11)27-15(24)17(10,7-9)14(23)25-8(2)18(19,20)21;1-6-9-10-12(7-2)11-16-13(15)14(4,5)8-3;1-6-11(2)12-7-9-13(10-8-12)14(3,4)5/h8-12H,5-7H2,1-4H3;12H,6-11H2,1-5H3;7-11H,6H2,1-5H3. The molecule has 57 heavy (non-hydrogen) atoms. The lowest BCUT2D eigenvalue weighted by Crippen LogP contribution is -2.48. The maximum Gasteiger partial charge on any atom is 0.425 e. The van der Waals surface area contributed by atoms with Gasteiger partial charge in [-0.25, -0.2) is 0 Å². The molecular weight excluding hydrogens is 737 g/mol. The molecule has 2 saturated carbocycles. The Kier molecular flexibility index (Phi) is 17.8. The van der Waals surface area contributed by atoms with Crippen LogP contribution in [0.5, 0.6) is 0 Å². The summed E-state index contributed by atoms with van der Waals surface area (Å²) in [5.41, 5.74) is 0.391. The van der Waals surface area contributed by atoms with Gasteiger partial charge in [-0.05, 0) is 102 Å². The predicted molar refractivity (Wildman–Crippen MR) is 216 cm³/mol. The van der Waals surface area contributed by atoms with Crippen LogP contribution >= 0.6 is 0 Å². The van der Waals surface area contributed by atoms with E-state index in [0.29, 0.717) is 31.3 Å². The quantitative estimate of drug-likeness (QED) is 0.0979. The van der Waals surface area contributed by atoms with E-state index in [-0.39, 0.29) is 29.1 Å². The molecule has 8 nitrogen and oxygen atoms in total. The van der Waals surface area contributed by atoms with E-state index in [4.69, 9.17) is 14.2 Å². The average molecular weight is 811 g/mol. The van der Waals surface area contributed by atoms with E-state index in [9.17, 15) is 32.3 Å². The molecule has 1 aromatic carbocycles. The molecule has 4 rings (SSSR count). The van der Waals surface area contributed by atoms with E-state index >= 15 is 0 Å². The maximum absolute atomic E-state index is 12.7. The molecule has 0 amide bonds. The molecule has 0 N–H and O–H groups in total. The first-order valence-electron chi connectivity index (χ1n) is 21.2. The summed E-state index contributed by atoms with van der Waals surface area (Å²) in [6.45, 7) is 28.2. The minimum Gasteiger partial charge on any atom is -0.465 e. The predicted octanol–water partition coefficient (Wildman–Crippen LogP) is 11.5. The lowest BCUT2D eigenvalue weighted by atomic mass is 9.73. The van der Waals surface area contributed by atoms with Gasteiger partial charge in [0.2, 0.25) is 0 Å². The normalized spacial score (nSPS) is 24.2. The average Bonchev–Trinajstić information content (AvgIpc) is 3.77. The molecule has 0 spiro atoms. The molecule has 1 aromatic rings. The number of unbranched alkanes of at least 4 members (excludes halogenated alkanes) is 1. The number of benzene rings is 1. The number of halogens is 3. The molecule has 8 unspecified atom stereocenters. The minimum absolute atomic E-state index is 0.0269. The van der Waals surface area contributed by atoms with Crippen molar-refractivity contribution < 1.29 is 51.3 Å². The Morgan fingerprint density at radius 3 is 1.89 bits per heavy atom. The van der Waals surface area contributed by atoms with Crippen LogP contribution in [0, 0.1) is 34.0 Å². The van der Waals surface area contributed by atoms with Crippen molar-refractivity contribution in [2.45, 2.75) is 191 Å². The number of hydrogen-bond donors (Lipinski definition) is 0. The van der Waals surface area contributed by atoms with Gasteiger partial charge in [-0.3, -0.25) is 19.2 Å². The first kappa shape index (κ1) is 50.0. The maximum atomic E-state index is 12.7. The van der Waals surface area contributed by atoms with Crippen LogP contribution in [-0.4, -0.2) is 55.0 Å². The van der Waals surface area contributed by atoms with Gasteiger partial charge < -0.3 is 18.9 Å². The van der Waals surface area contributed by atoms with Crippen LogP contribution in [0.3, 0.4) is 0 Å². The Hall–Kier alpha value is -3.11. The van der Waals surface area contributed by atoms with Crippen LogP contribution in [-0.2, 0) is 43.5 Å². The SMILES string of the molecule is CCC(C)(C)C(=O)OC1C2CC3C1OC(=O)C3(C(=O)OC(C)C(F)(F)F)C2.CCC(C)c1ccc(C(C)(C)C)cc1.CCCCC(CC)COC(=O)C(C)(C)CC. The van der Waals surface area contributed by atoms with Crippen LogP contribution in [0.4, 0.5) is 13.2 Å². The van der Waals surface area contributed by atoms with E-state index in [1.807, 2.05) is 27.7 Å². The zero-order chi connectivity index (χ0) is 43.7. The Labute approximate surface area is 341 Å². The van der Waals surface area contributed by atoms with Crippen LogP contribution in [0.25, 0.3) is 0 Å². The molecule has 1 aliphatic heterocycles. The zero-order valence-corrected chi connectivity index (χ0v) is 37.3. The Balaban J connectivity index is 0.000000321. The first-order valence-corrected chi connectivity index (χ1v) is 21.2. The van der Waals surface area contributed by atoms with Crippen LogP contribution in [0.1, 0.15) is 172 Å². The molecule has 0 aromatic heterocycles. The van der Waals surface area contributed by atoms with Crippen molar-refractivity contribution in [3.63, 3.8) is 0 Å². The second kappa shape index (κ2) is 20.2. The highest BCUT2D eigenvalue weighted by molar-refractivity contribution is 6.03. The van der Waals surface area contributed by atoms with Gasteiger partial charge in [0.1, 0.15) is 12.2 Å².